The molecule has 1 aromatic heterocycles. The summed E-state index contributed by atoms with van der Waals surface area (Å²) in [5.41, 5.74) is 0.573. The number of halogens is 1. The van der Waals surface area contributed by atoms with Crippen molar-refractivity contribution in [3.05, 3.63) is 47.3 Å². The van der Waals surface area contributed by atoms with E-state index in [1.54, 1.807) is 12.1 Å². The van der Waals surface area contributed by atoms with E-state index in [2.05, 4.69) is 32.7 Å². The predicted molar refractivity (Wildman–Crippen MR) is 93.0 cm³/mol. The Balaban J connectivity index is 2.01. The average molecular weight is 332 g/mol. The maximum atomic E-state index is 13.7. The summed E-state index contributed by atoms with van der Waals surface area (Å²) in [7, 11) is 1.92. The van der Waals surface area contributed by atoms with Gasteiger partial charge in [0, 0.05) is 19.2 Å². The molecule has 0 unspecified atom stereocenters. The van der Waals surface area contributed by atoms with Crippen LogP contribution in [0.15, 0.2) is 29.3 Å². The van der Waals surface area contributed by atoms with E-state index in [-0.39, 0.29) is 12.4 Å². The minimum Gasteiger partial charge on any atom is -0.356 e. The van der Waals surface area contributed by atoms with Crippen LogP contribution in [0.3, 0.4) is 0 Å². The van der Waals surface area contributed by atoms with Crippen LogP contribution in [0.5, 0.6) is 0 Å². The van der Waals surface area contributed by atoms with Crippen LogP contribution in [0.4, 0.5) is 4.39 Å². The summed E-state index contributed by atoms with van der Waals surface area (Å²) in [6.07, 6.45) is 2.14. The molecule has 0 saturated heterocycles. The lowest BCUT2D eigenvalue weighted by molar-refractivity contribution is 0.609. The molecule has 130 valence electrons. The van der Waals surface area contributed by atoms with Gasteiger partial charge in [-0.15, -0.1) is 10.2 Å². The quantitative estimate of drug-likeness (QED) is 0.464. The van der Waals surface area contributed by atoms with Gasteiger partial charge in [0.15, 0.2) is 11.8 Å². The molecule has 24 heavy (non-hydrogen) atoms. The van der Waals surface area contributed by atoms with Gasteiger partial charge in [0.05, 0.1) is 13.1 Å². The Labute approximate surface area is 142 Å². The van der Waals surface area contributed by atoms with Crippen LogP contribution in [0, 0.1) is 12.7 Å². The fraction of sp³-hybridized carbons (Fsp3) is 0.471. The summed E-state index contributed by atoms with van der Waals surface area (Å²) in [6, 6.07) is 6.69. The number of nitrogens with one attached hydrogen (secondary N) is 2. The molecule has 0 spiro atoms. The Morgan fingerprint density at radius 3 is 2.71 bits per heavy atom. The summed E-state index contributed by atoms with van der Waals surface area (Å²) < 4.78 is 15.6. The molecule has 0 aliphatic heterocycles. The number of unbranched alkanes of at least 4 members (excludes halogenated alkanes) is 1. The molecule has 1 aromatic carbocycles. The van der Waals surface area contributed by atoms with Crippen LogP contribution in [0.25, 0.3) is 0 Å². The highest BCUT2D eigenvalue weighted by atomic mass is 19.1. The highest BCUT2D eigenvalue weighted by Gasteiger charge is 2.06. The van der Waals surface area contributed by atoms with E-state index in [1.807, 2.05) is 24.6 Å². The molecular formula is C17H25FN6. The third-order valence-corrected chi connectivity index (χ3v) is 3.78. The van der Waals surface area contributed by atoms with E-state index >= 15 is 0 Å². The first-order valence-electron chi connectivity index (χ1n) is 8.22. The molecule has 0 amide bonds. The van der Waals surface area contributed by atoms with Crippen LogP contribution in [-0.4, -0.2) is 27.3 Å². The number of benzene rings is 1. The van der Waals surface area contributed by atoms with Crippen molar-refractivity contribution < 1.29 is 4.39 Å². The monoisotopic (exact) mass is 332 g/mol. The topological polar surface area (TPSA) is 67.1 Å². The first-order chi connectivity index (χ1) is 11.6. The van der Waals surface area contributed by atoms with Crippen LogP contribution in [0.1, 0.15) is 37.0 Å². The van der Waals surface area contributed by atoms with Crippen molar-refractivity contribution >= 4 is 5.96 Å². The van der Waals surface area contributed by atoms with E-state index in [4.69, 9.17) is 0 Å². The van der Waals surface area contributed by atoms with Crippen molar-refractivity contribution in [2.45, 2.75) is 39.8 Å². The molecule has 2 rings (SSSR count). The Morgan fingerprint density at radius 1 is 1.25 bits per heavy atom. The second-order valence-electron chi connectivity index (χ2n) is 5.61. The van der Waals surface area contributed by atoms with Gasteiger partial charge >= 0.3 is 0 Å². The number of nitrogens with zero attached hydrogens (tertiary/aromatic N) is 4. The number of aryl methyl sites for hydroxylation is 1. The van der Waals surface area contributed by atoms with Gasteiger partial charge in [0.2, 0.25) is 0 Å². The zero-order valence-electron chi connectivity index (χ0n) is 14.5. The summed E-state index contributed by atoms with van der Waals surface area (Å²) in [6.45, 7) is 5.65. The molecule has 0 bridgehead atoms. The standard InChI is InChI=1S/C17H25FN6/c1-4-5-10-19-17(20-11-14-8-6-7-9-15(14)18)21-12-16-23-22-13(2)24(16)3/h6-9H,4-5,10-12H2,1-3H3,(H2,19,20,21). The van der Waals surface area contributed by atoms with Gasteiger partial charge in [0.25, 0.3) is 0 Å². The molecule has 0 saturated carbocycles. The van der Waals surface area contributed by atoms with E-state index < -0.39 is 0 Å². The van der Waals surface area contributed by atoms with Gasteiger partial charge in [-0.25, -0.2) is 9.38 Å². The lowest BCUT2D eigenvalue weighted by Gasteiger charge is -2.12. The minimum atomic E-state index is -0.238. The number of rotatable bonds is 7. The highest BCUT2D eigenvalue weighted by Crippen LogP contribution is 2.07. The third-order valence-electron chi connectivity index (χ3n) is 3.78. The van der Waals surface area contributed by atoms with Crippen LogP contribution >= 0.6 is 0 Å². The summed E-state index contributed by atoms with van der Waals surface area (Å²) in [5, 5.41) is 14.7. The van der Waals surface area contributed by atoms with Crippen LogP contribution in [-0.2, 0) is 20.1 Å². The van der Waals surface area contributed by atoms with E-state index in [1.165, 1.54) is 6.07 Å². The highest BCUT2D eigenvalue weighted by molar-refractivity contribution is 5.79. The zero-order chi connectivity index (χ0) is 17.4. The molecular weight excluding hydrogens is 307 g/mol. The van der Waals surface area contributed by atoms with E-state index in [0.29, 0.717) is 18.1 Å². The first-order valence-corrected chi connectivity index (χ1v) is 8.22. The number of hydrogen-bond acceptors (Lipinski definition) is 3. The molecule has 1 heterocycles. The SMILES string of the molecule is CCCCNC(=NCc1ccccc1F)NCc1nnc(C)n1C. The van der Waals surface area contributed by atoms with Crippen molar-refractivity contribution in [2.24, 2.45) is 12.0 Å². The van der Waals surface area contributed by atoms with Crippen molar-refractivity contribution in [3.8, 4) is 0 Å². The van der Waals surface area contributed by atoms with Crippen molar-refractivity contribution in [1.29, 1.82) is 0 Å². The van der Waals surface area contributed by atoms with Crippen LogP contribution < -0.4 is 10.6 Å². The lowest BCUT2D eigenvalue weighted by Crippen LogP contribution is -2.38. The largest absolute Gasteiger partial charge is 0.356 e. The summed E-state index contributed by atoms with van der Waals surface area (Å²) in [4.78, 5) is 4.48. The second kappa shape index (κ2) is 9.00. The maximum Gasteiger partial charge on any atom is 0.191 e. The number of aromatic nitrogens is 3. The molecule has 0 aliphatic carbocycles. The number of aliphatic imine (C=N–C) groups is 1. The minimum absolute atomic E-state index is 0.238. The van der Waals surface area contributed by atoms with Gasteiger partial charge in [-0.05, 0) is 19.4 Å². The molecule has 2 aromatic rings. The summed E-state index contributed by atoms with van der Waals surface area (Å²) >= 11 is 0. The molecule has 0 aliphatic rings. The fourth-order valence-corrected chi connectivity index (χ4v) is 2.12. The van der Waals surface area contributed by atoms with Gasteiger partial charge < -0.3 is 15.2 Å². The molecule has 2 N–H and O–H groups in total. The van der Waals surface area contributed by atoms with E-state index in [0.717, 1.165) is 31.0 Å². The zero-order valence-corrected chi connectivity index (χ0v) is 14.5. The van der Waals surface area contributed by atoms with Gasteiger partial charge in [-0.2, -0.15) is 0 Å². The third kappa shape index (κ3) is 5.04. The van der Waals surface area contributed by atoms with E-state index in [9.17, 15) is 4.39 Å². The van der Waals surface area contributed by atoms with Crippen molar-refractivity contribution in [2.75, 3.05) is 6.54 Å². The smallest absolute Gasteiger partial charge is 0.191 e. The predicted octanol–water partition coefficient (Wildman–Crippen LogP) is 2.30. The molecule has 0 atom stereocenters. The number of hydrogen-bond donors (Lipinski definition) is 2. The second-order valence-corrected chi connectivity index (χ2v) is 5.61. The molecule has 0 radical (unpaired) electrons. The van der Waals surface area contributed by atoms with Crippen molar-refractivity contribution in [3.63, 3.8) is 0 Å². The van der Waals surface area contributed by atoms with Crippen LogP contribution in [0.2, 0.25) is 0 Å². The number of guanidine groups is 1. The van der Waals surface area contributed by atoms with Gasteiger partial charge in [-0.3, -0.25) is 0 Å². The molecule has 0 fully saturated rings. The first kappa shape index (κ1) is 17.9. The average Bonchev–Trinajstić information content (AvgIpc) is 2.90. The van der Waals surface area contributed by atoms with Crippen molar-refractivity contribution in [1.82, 2.24) is 25.4 Å². The van der Waals surface area contributed by atoms with Gasteiger partial charge in [0.1, 0.15) is 11.6 Å². The fourth-order valence-electron chi connectivity index (χ4n) is 2.12. The molecule has 6 nitrogen and oxygen atoms in total. The lowest BCUT2D eigenvalue weighted by atomic mass is 10.2. The Kier molecular flexibility index (Phi) is 6.72. The Morgan fingerprint density at radius 2 is 2.04 bits per heavy atom. The van der Waals surface area contributed by atoms with Gasteiger partial charge in [-0.1, -0.05) is 31.5 Å². The molecule has 7 heteroatoms. The summed E-state index contributed by atoms with van der Waals surface area (Å²) in [5.74, 6) is 2.09. The maximum absolute atomic E-state index is 13.7. The normalized spacial score (nSPS) is 11.6. The Hall–Kier alpha value is -2.44. The Bertz CT molecular complexity index is 679.